The summed E-state index contributed by atoms with van der Waals surface area (Å²) in [4.78, 5) is 0. The molecule has 0 spiro atoms. The van der Waals surface area contributed by atoms with Crippen molar-refractivity contribution in [2.75, 3.05) is 13.2 Å². The van der Waals surface area contributed by atoms with Gasteiger partial charge in [0.2, 0.25) is 0 Å². The zero-order valence-corrected chi connectivity index (χ0v) is 14.4. The molecule has 0 amide bonds. The molecule has 1 unspecified atom stereocenters. The van der Waals surface area contributed by atoms with Crippen LogP contribution in [0.1, 0.15) is 84.0 Å². The van der Waals surface area contributed by atoms with Gasteiger partial charge in [0.05, 0.1) is 6.10 Å². The highest BCUT2D eigenvalue weighted by Crippen LogP contribution is 2.66. The molecule has 0 aliphatic heterocycles. The number of rotatable bonds is 13. The number of hydrogen-bond donors (Lipinski definition) is 3. The molecule has 2 fully saturated rings. The predicted octanol–water partition coefficient (Wildman–Crippen LogP) is 3.65. The highest BCUT2D eigenvalue weighted by molar-refractivity contribution is 5.10. The first-order valence-electron chi connectivity index (χ1n) is 9.52. The van der Waals surface area contributed by atoms with E-state index in [0.29, 0.717) is 19.1 Å². The molecule has 0 aromatic heterocycles. The fourth-order valence-electron chi connectivity index (χ4n) is 4.32. The predicted molar refractivity (Wildman–Crippen MR) is 89.6 cm³/mol. The molecule has 0 bridgehead atoms. The van der Waals surface area contributed by atoms with Crippen LogP contribution < -0.4 is 0 Å². The first-order valence-corrected chi connectivity index (χ1v) is 9.52. The van der Waals surface area contributed by atoms with Crippen LogP contribution >= 0.6 is 0 Å². The minimum atomic E-state index is -0.134. The van der Waals surface area contributed by atoms with Crippen molar-refractivity contribution in [2.24, 2.45) is 16.7 Å². The Morgan fingerprint density at radius 3 is 1.64 bits per heavy atom. The maximum absolute atomic E-state index is 10.00. The zero-order valence-electron chi connectivity index (χ0n) is 14.4. The lowest BCUT2D eigenvalue weighted by atomic mass is 9.74. The van der Waals surface area contributed by atoms with Gasteiger partial charge in [-0.25, -0.2) is 0 Å². The highest BCUT2D eigenvalue weighted by Gasteiger charge is 2.60. The molecule has 0 saturated heterocycles. The smallest absolute Gasteiger partial charge is 0.0540 e. The summed E-state index contributed by atoms with van der Waals surface area (Å²) in [5, 5.41) is 29.5. The summed E-state index contributed by atoms with van der Waals surface area (Å²) in [6.45, 7) is 2.77. The number of aliphatic hydroxyl groups excluding tert-OH is 3. The van der Waals surface area contributed by atoms with Crippen molar-refractivity contribution >= 4 is 0 Å². The van der Waals surface area contributed by atoms with Gasteiger partial charge in [-0.3, -0.25) is 0 Å². The minimum absolute atomic E-state index is 0.124. The van der Waals surface area contributed by atoms with Crippen LogP contribution in [-0.4, -0.2) is 34.6 Å². The molecular weight excluding hydrogens is 276 g/mol. The molecule has 130 valence electrons. The second-order valence-corrected chi connectivity index (χ2v) is 8.03. The topological polar surface area (TPSA) is 60.7 Å². The van der Waals surface area contributed by atoms with Crippen molar-refractivity contribution in [3.05, 3.63) is 0 Å². The van der Waals surface area contributed by atoms with E-state index in [1.54, 1.807) is 0 Å². The van der Waals surface area contributed by atoms with Gasteiger partial charge in [-0.1, -0.05) is 39.0 Å². The number of unbranched alkanes of at least 4 members (excludes halogenated alkanes) is 3. The van der Waals surface area contributed by atoms with E-state index in [2.05, 4.69) is 6.92 Å². The summed E-state index contributed by atoms with van der Waals surface area (Å²) in [6, 6.07) is 0. The van der Waals surface area contributed by atoms with Crippen LogP contribution in [-0.2, 0) is 0 Å². The van der Waals surface area contributed by atoms with Gasteiger partial charge >= 0.3 is 0 Å². The summed E-state index contributed by atoms with van der Waals surface area (Å²) in [6.07, 6.45) is 13.1. The van der Waals surface area contributed by atoms with Gasteiger partial charge in [-0.15, -0.1) is 0 Å². The Morgan fingerprint density at radius 1 is 0.773 bits per heavy atom. The second kappa shape index (κ2) is 8.12. The average molecular weight is 312 g/mol. The third-order valence-electron chi connectivity index (χ3n) is 6.31. The van der Waals surface area contributed by atoms with Crippen molar-refractivity contribution in [3.8, 4) is 0 Å². The van der Waals surface area contributed by atoms with Gasteiger partial charge in [0, 0.05) is 13.2 Å². The van der Waals surface area contributed by atoms with Gasteiger partial charge < -0.3 is 15.3 Å². The van der Waals surface area contributed by atoms with Crippen LogP contribution in [0.2, 0.25) is 0 Å². The lowest BCUT2D eigenvalue weighted by molar-refractivity contribution is 0.0570. The van der Waals surface area contributed by atoms with E-state index < -0.39 is 0 Å². The number of aliphatic hydroxyl groups is 3. The Hall–Kier alpha value is -0.120. The van der Waals surface area contributed by atoms with Crippen molar-refractivity contribution in [2.45, 2.75) is 90.1 Å². The van der Waals surface area contributed by atoms with E-state index >= 15 is 0 Å². The van der Waals surface area contributed by atoms with Crippen LogP contribution in [0.4, 0.5) is 0 Å². The van der Waals surface area contributed by atoms with E-state index in [1.807, 2.05) is 0 Å². The van der Waals surface area contributed by atoms with Crippen LogP contribution in [0.25, 0.3) is 0 Å². The van der Waals surface area contributed by atoms with E-state index in [1.165, 1.54) is 12.8 Å². The summed E-state index contributed by atoms with van der Waals surface area (Å²) >= 11 is 0. The summed E-state index contributed by atoms with van der Waals surface area (Å²) in [7, 11) is 0. The molecule has 2 aliphatic rings. The Labute approximate surface area is 136 Å². The molecular formula is C19H36O3. The Morgan fingerprint density at radius 2 is 1.23 bits per heavy atom. The monoisotopic (exact) mass is 312 g/mol. The van der Waals surface area contributed by atoms with Crippen LogP contribution in [0, 0.1) is 16.7 Å². The van der Waals surface area contributed by atoms with Crippen molar-refractivity contribution in [1.82, 2.24) is 0 Å². The molecule has 0 aromatic carbocycles. The van der Waals surface area contributed by atoms with Crippen LogP contribution in [0.5, 0.6) is 0 Å². The average Bonchev–Trinajstić information content (AvgIpc) is 3.43. The SMILES string of the molecule is CCCCCC(O)CCCCC(C1(CO)CC1)C1(CO)CC1. The van der Waals surface area contributed by atoms with E-state index in [-0.39, 0.29) is 16.9 Å². The standard InChI is InChI=1S/C19H36O3/c1-2-3-4-7-16(22)8-5-6-9-17(18(14-20)10-11-18)19(15-21)12-13-19/h16-17,20-22H,2-15H2,1H3. The van der Waals surface area contributed by atoms with Gasteiger partial charge in [0.25, 0.3) is 0 Å². The van der Waals surface area contributed by atoms with Crippen molar-refractivity contribution in [3.63, 3.8) is 0 Å². The molecule has 1 atom stereocenters. The van der Waals surface area contributed by atoms with E-state index in [4.69, 9.17) is 0 Å². The third-order valence-corrected chi connectivity index (χ3v) is 6.31. The van der Waals surface area contributed by atoms with Gasteiger partial charge in [-0.05, 0) is 61.7 Å². The van der Waals surface area contributed by atoms with Crippen molar-refractivity contribution in [1.29, 1.82) is 0 Å². The Kier molecular flexibility index (Phi) is 6.73. The normalized spacial score (nSPS) is 22.8. The fourth-order valence-corrected chi connectivity index (χ4v) is 4.32. The second-order valence-electron chi connectivity index (χ2n) is 8.03. The Balaban J connectivity index is 1.69. The molecule has 0 aromatic rings. The zero-order chi connectivity index (χ0) is 16.1. The first kappa shape index (κ1) is 18.2. The van der Waals surface area contributed by atoms with Gasteiger partial charge in [0.15, 0.2) is 0 Å². The van der Waals surface area contributed by atoms with Crippen LogP contribution in [0.3, 0.4) is 0 Å². The highest BCUT2D eigenvalue weighted by atomic mass is 16.3. The lowest BCUT2D eigenvalue weighted by Gasteiger charge is -2.32. The molecule has 3 N–H and O–H groups in total. The quantitative estimate of drug-likeness (QED) is 0.455. The van der Waals surface area contributed by atoms with Gasteiger partial charge in [0.1, 0.15) is 0 Å². The maximum atomic E-state index is 10.00. The Bertz CT molecular complexity index is 301. The lowest BCUT2D eigenvalue weighted by Crippen LogP contribution is -2.31. The van der Waals surface area contributed by atoms with Gasteiger partial charge in [-0.2, -0.15) is 0 Å². The molecule has 0 radical (unpaired) electrons. The van der Waals surface area contributed by atoms with Crippen molar-refractivity contribution < 1.29 is 15.3 Å². The summed E-state index contributed by atoms with van der Waals surface area (Å²) < 4.78 is 0. The van der Waals surface area contributed by atoms with E-state index in [9.17, 15) is 15.3 Å². The maximum Gasteiger partial charge on any atom is 0.0540 e. The summed E-state index contributed by atoms with van der Waals surface area (Å²) in [5.41, 5.74) is 0.248. The molecule has 2 saturated carbocycles. The van der Waals surface area contributed by atoms with E-state index in [0.717, 1.165) is 64.2 Å². The van der Waals surface area contributed by atoms with Crippen LogP contribution in [0.15, 0.2) is 0 Å². The molecule has 0 heterocycles. The fraction of sp³-hybridized carbons (Fsp3) is 1.00. The first-order chi connectivity index (χ1) is 10.6. The number of hydrogen-bond acceptors (Lipinski definition) is 3. The largest absolute Gasteiger partial charge is 0.396 e. The molecule has 3 nitrogen and oxygen atoms in total. The molecule has 2 rings (SSSR count). The molecule has 22 heavy (non-hydrogen) atoms. The third kappa shape index (κ3) is 4.46. The summed E-state index contributed by atoms with van der Waals surface area (Å²) in [5.74, 6) is 0.493. The molecule has 3 heteroatoms. The molecule has 2 aliphatic carbocycles. The minimum Gasteiger partial charge on any atom is -0.396 e.